The molecule has 2 aliphatic rings. The van der Waals surface area contributed by atoms with Crippen molar-refractivity contribution in [2.45, 2.75) is 69.2 Å². The average Bonchev–Trinajstić information content (AvgIpc) is 3.29. The van der Waals surface area contributed by atoms with Crippen molar-refractivity contribution in [1.82, 2.24) is 14.8 Å². The highest BCUT2D eigenvalue weighted by Crippen LogP contribution is 2.40. The molecule has 0 amide bonds. The molecule has 1 aromatic rings. The molecule has 1 aromatic heterocycles. The van der Waals surface area contributed by atoms with Gasteiger partial charge >= 0.3 is 0 Å². The second-order valence-corrected chi connectivity index (χ2v) is 7.60. The lowest BCUT2D eigenvalue weighted by atomic mass is 9.88. The zero-order valence-electron chi connectivity index (χ0n) is 13.5. The van der Waals surface area contributed by atoms with E-state index in [-0.39, 0.29) is 0 Å². The average molecular weight is 321 g/mol. The first kappa shape index (κ1) is 16.1. The van der Waals surface area contributed by atoms with Crippen LogP contribution in [0.1, 0.15) is 57.2 Å². The van der Waals surface area contributed by atoms with Crippen LogP contribution < -0.4 is 0 Å². The second kappa shape index (κ2) is 7.64. The fraction of sp³-hybridized carbons (Fsp3) is 0.765. The maximum atomic E-state index is 6.08. The highest BCUT2D eigenvalue weighted by Gasteiger charge is 2.30. The molecule has 0 saturated heterocycles. The molecule has 0 aromatic carbocycles. The molecule has 0 spiro atoms. The van der Waals surface area contributed by atoms with E-state index in [4.69, 9.17) is 4.74 Å². The van der Waals surface area contributed by atoms with Crippen LogP contribution in [0.4, 0.5) is 0 Å². The summed E-state index contributed by atoms with van der Waals surface area (Å²) in [5.41, 5.74) is 0. The third-order valence-electron chi connectivity index (χ3n) is 4.68. The van der Waals surface area contributed by atoms with Crippen LogP contribution >= 0.6 is 11.8 Å². The summed E-state index contributed by atoms with van der Waals surface area (Å²) in [6.07, 6.45) is 10.1. The predicted octanol–water partition coefficient (Wildman–Crippen LogP) is 4.03. The Bertz CT molecular complexity index is 498. The molecule has 2 fully saturated rings. The second-order valence-electron chi connectivity index (χ2n) is 6.53. The van der Waals surface area contributed by atoms with Crippen LogP contribution in [0.2, 0.25) is 0 Å². The SMILES string of the molecule is C=CCn1c(SCCOC2CCCCC2C)nnc1C1CC1. The Labute approximate surface area is 137 Å². The van der Waals surface area contributed by atoms with Gasteiger partial charge in [0.25, 0.3) is 0 Å². The molecule has 2 atom stereocenters. The summed E-state index contributed by atoms with van der Waals surface area (Å²) in [4.78, 5) is 0. The Hall–Kier alpha value is -0.810. The Morgan fingerprint density at radius 2 is 2.09 bits per heavy atom. The first-order valence-corrected chi connectivity index (χ1v) is 9.56. The number of allylic oxidation sites excluding steroid dienone is 1. The number of thioether (sulfide) groups is 1. The van der Waals surface area contributed by atoms with Crippen LogP contribution in [0.15, 0.2) is 17.8 Å². The van der Waals surface area contributed by atoms with Crippen molar-refractivity contribution in [2.75, 3.05) is 12.4 Å². The summed E-state index contributed by atoms with van der Waals surface area (Å²) in [5.74, 6) is 3.43. The number of hydrogen-bond donors (Lipinski definition) is 0. The Morgan fingerprint density at radius 1 is 1.27 bits per heavy atom. The number of rotatable bonds is 8. The van der Waals surface area contributed by atoms with Crippen molar-refractivity contribution in [3.63, 3.8) is 0 Å². The van der Waals surface area contributed by atoms with E-state index < -0.39 is 0 Å². The van der Waals surface area contributed by atoms with E-state index >= 15 is 0 Å². The first-order chi connectivity index (χ1) is 10.8. The highest BCUT2D eigenvalue weighted by molar-refractivity contribution is 7.99. The molecule has 3 rings (SSSR count). The van der Waals surface area contributed by atoms with Gasteiger partial charge in [0.05, 0.1) is 12.7 Å². The van der Waals surface area contributed by atoms with E-state index in [0.29, 0.717) is 17.9 Å². The molecule has 22 heavy (non-hydrogen) atoms. The zero-order chi connectivity index (χ0) is 15.4. The monoisotopic (exact) mass is 321 g/mol. The van der Waals surface area contributed by atoms with Gasteiger partial charge in [0.15, 0.2) is 5.16 Å². The summed E-state index contributed by atoms with van der Waals surface area (Å²) in [5, 5.41) is 9.76. The molecule has 0 radical (unpaired) electrons. The molecular formula is C17H27N3OS. The summed E-state index contributed by atoms with van der Waals surface area (Å²) in [7, 11) is 0. The Morgan fingerprint density at radius 3 is 2.82 bits per heavy atom. The van der Waals surface area contributed by atoms with Gasteiger partial charge in [-0.25, -0.2) is 0 Å². The molecule has 4 nitrogen and oxygen atoms in total. The lowest BCUT2D eigenvalue weighted by Gasteiger charge is -2.28. The van der Waals surface area contributed by atoms with Crippen molar-refractivity contribution in [3.05, 3.63) is 18.5 Å². The number of hydrogen-bond acceptors (Lipinski definition) is 4. The fourth-order valence-electron chi connectivity index (χ4n) is 3.21. The van der Waals surface area contributed by atoms with Gasteiger partial charge in [-0.2, -0.15) is 0 Å². The molecule has 122 valence electrons. The van der Waals surface area contributed by atoms with Crippen LogP contribution in [0.3, 0.4) is 0 Å². The van der Waals surface area contributed by atoms with E-state index in [1.54, 1.807) is 11.8 Å². The van der Waals surface area contributed by atoms with E-state index in [0.717, 1.165) is 29.9 Å². The molecular weight excluding hydrogens is 294 g/mol. The van der Waals surface area contributed by atoms with E-state index in [1.165, 1.54) is 38.5 Å². The predicted molar refractivity (Wildman–Crippen MR) is 90.3 cm³/mol. The maximum Gasteiger partial charge on any atom is 0.191 e. The van der Waals surface area contributed by atoms with Gasteiger partial charge in [-0.3, -0.25) is 0 Å². The van der Waals surface area contributed by atoms with E-state index in [2.05, 4.69) is 28.3 Å². The molecule has 5 heteroatoms. The van der Waals surface area contributed by atoms with Gasteiger partial charge in [-0.05, 0) is 31.6 Å². The van der Waals surface area contributed by atoms with Crippen molar-refractivity contribution in [1.29, 1.82) is 0 Å². The molecule has 0 bridgehead atoms. The molecule has 1 heterocycles. The molecule has 2 aliphatic carbocycles. The fourth-order valence-corrected chi connectivity index (χ4v) is 4.00. The normalized spacial score (nSPS) is 25.3. The van der Waals surface area contributed by atoms with Gasteiger partial charge in [0, 0.05) is 18.2 Å². The topological polar surface area (TPSA) is 39.9 Å². The van der Waals surface area contributed by atoms with Gasteiger partial charge in [0.2, 0.25) is 0 Å². The summed E-state index contributed by atoms with van der Waals surface area (Å²) in [6, 6.07) is 0. The molecule has 2 unspecified atom stereocenters. The number of aromatic nitrogens is 3. The first-order valence-electron chi connectivity index (χ1n) is 8.58. The highest BCUT2D eigenvalue weighted by atomic mass is 32.2. The third-order valence-corrected chi connectivity index (χ3v) is 5.61. The van der Waals surface area contributed by atoms with Gasteiger partial charge in [-0.15, -0.1) is 16.8 Å². The lowest BCUT2D eigenvalue weighted by Crippen LogP contribution is -2.26. The third kappa shape index (κ3) is 3.93. The minimum Gasteiger partial charge on any atom is -0.377 e. The van der Waals surface area contributed by atoms with Crippen molar-refractivity contribution in [3.8, 4) is 0 Å². The largest absolute Gasteiger partial charge is 0.377 e. The number of ether oxygens (including phenoxy) is 1. The van der Waals surface area contributed by atoms with E-state index in [9.17, 15) is 0 Å². The van der Waals surface area contributed by atoms with Crippen molar-refractivity contribution < 1.29 is 4.74 Å². The minimum absolute atomic E-state index is 0.461. The quantitative estimate of drug-likeness (QED) is 0.412. The van der Waals surface area contributed by atoms with Gasteiger partial charge in [-0.1, -0.05) is 37.6 Å². The standard InChI is InChI=1S/C17H27N3OS/c1-3-10-20-16(14-8-9-14)18-19-17(20)22-12-11-21-15-7-5-4-6-13(15)2/h3,13-15H,1,4-12H2,2H3. The maximum absolute atomic E-state index is 6.08. The summed E-state index contributed by atoms with van der Waals surface area (Å²) < 4.78 is 8.31. The zero-order valence-corrected chi connectivity index (χ0v) is 14.4. The summed E-state index contributed by atoms with van der Waals surface area (Å²) >= 11 is 1.76. The van der Waals surface area contributed by atoms with E-state index in [1.807, 2.05) is 6.08 Å². The molecule has 2 saturated carbocycles. The lowest BCUT2D eigenvalue weighted by molar-refractivity contribution is 0.00345. The molecule has 0 aliphatic heterocycles. The van der Waals surface area contributed by atoms with Crippen LogP contribution in [0, 0.1) is 5.92 Å². The summed E-state index contributed by atoms with van der Waals surface area (Å²) in [6.45, 7) is 7.78. The molecule has 0 N–H and O–H groups in total. The van der Waals surface area contributed by atoms with Gasteiger partial charge in [0.1, 0.15) is 5.82 Å². The van der Waals surface area contributed by atoms with Crippen LogP contribution in [0.5, 0.6) is 0 Å². The van der Waals surface area contributed by atoms with Crippen molar-refractivity contribution in [2.24, 2.45) is 5.92 Å². The van der Waals surface area contributed by atoms with Crippen LogP contribution in [-0.2, 0) is 11.3 Å². The Kier molecular flexibility index (Phi) is 5.58. The van der Waals surface area contributed by atoms with Crippen LogP contribution in [0.25, 0.3) is 0 Å². The Balaban J connectivity index is 1.47. The van der Waals surface area contributed by atoms with Crippen LogP contribution in [-0.4, -0.2) is 33.2 Å². The van der Waals surface area contributed by atoms with Crippen molar-refractivity contribution >= 4 is 11.8 Å². The van der Waals surface area contributed by atoms with Gasteiger partial charge < -0.3 is 9.30 Å². The minimum atomic E-state index is 0.461. The number of nitrogens with zero attached hydrogens (tertiary/aromatic N) is 3. The smallest absolute Gasteiger partial charge is 0.191 e.